The molecule has 10 nitrogen and oxygen atoms in total. The molecule has 2 bridgehead atoms. The molecule has 1 aromatic rings. The van der Waals surface area contributed by atoms with Crippen LogP contribution in [0.2, 0.25) is 0 Å². The third kappa shape index (κ3) is 5.87. The molecule has 0 saturated carbocycles. The lowest BCUT2D eigenvalue weighted by Gasteiger charge is -2.41. The second kappa shape index (κ2) is 12.8. The van der Waals surface area contributed by atoms with Crippen LogP contribution in [0, 0.1) is 11.8 Å². The van der Waals surface area contributed by atoms with Crippen molar-refractivity contribution >= 4 is 23.7 Å². The van der Waals surface area contributed by atoms with Gasteiger partial charge in [-0.1, -0.05) is 42.5 Å². The van der Waals surface area contributed by atoms with Crippen molar-refractivity contribution in [3.8, 4) is 0 Å². The Hall–Kier alpha value is -3.50. The van der Waals surface area contributed by atoms with Gasteiger partial charge in [0.25, 0.3) is 0 Å². The van der Waals surface area contributed by atoms with Crippen molar-refractivity contribution in [3.05, 3.63) is 61.2 Å². The summed E-state index contributed by atoms with van der Waals surface area (Å²) in [5.41, 5.74) is -1.07. The first-order valence-electron chi connectivity index (χ1n) is 14.6. The minimum absolute atomic E-state index is 0.0568. The summed E-state index contributed by atoms with van der Waals surface area (Å²) in [6, 6.07) is 8.11. The number of amides is 3. The lowest BCUT2D eigenvalue weighted by Crippen LogP contribution is -2.60. The highest BCUT2D eigenvalue weighted by Gasteiger charge is 2.75. The van der Waals surface area contributed by atoms with Gasteiger partial charge in [0.1, 0.15) is 17.7 Å². The van der Waals surface area contributed by atoms with Gasteiger partial charge in [0.2, 0.25) is 17.7 Å². The van der Waals surface area contributed by atoms with Crippen molar-refractivity contribution in [3.63, 3.8) is 0 Å². The maximum atomic E-state index is 14.2. The number of carbonyl (C=O) groups is 4. The van der Waals surface area contributed by atoms with Gasteiger partial charge < -0.3 is 29.7 Å². The van der Waals surface area contributed by atoms with E-state index in [9.17, 15) is 24.3 Å². The SMILES string of the molecule is C=CCCC(=O)NC[C@@H](OC(=O)[C@@H]1[C@@H]2CC[C@]3(O2)[C@H](C(=O)N(CC=C)C(C)(C)C)N(CCO)C(=O)[C@@H]13)c1ccccc1. The molecule has 2 N–H and O–H groups in total. The fraction of sp³-hybridized carbons (Fsp3) is 0.562. The number of likely N-dealkylation sites (tertiary alicyclic amines) is 1. The lowest BCUT2D eigenvalue weighted by atomic mass is 9.70. The van der Waals surface area contributed by atoms with Crippen LogP contribution < -0.4 is 5.32 Å². The minimum atomic E-state index is -1.20. The number of esters is 1. The van der Waals surface area contributed by atoms with E-state index >= 15 is 0 Å². The predicted octanol–water partition coefficient (Wildman–Crippen LogP) is 2.53. The van der Waals surface area contributed by atoms with E-state index in [1.165, 1.54) is 4.90 Å². The molecule has 1 spiro atoms. The quantitative estimate of drug-likeness (QED) is 0.271. The number of benzene rings is 1. The number of carbonyl (C=O) groups excluding carboxylic acids is 4. The first kappa shape index (κ1) is 31.4. The first-order valence-corrected chi connectivity index (χ1v) is 14.6. The zero-order chi connectivity index (χ0) is 30.7. The normalized spacial score (nSPS) is 26.9. The third-order valence-electron chi connectivity index (χ3n) is 8.52. The zero-order valence-corrected chi connectivity index (χ0v) is 24.8. The largest absolute Gasteiger partial charge is 0.455 e. The molecule has 3 amide bonds. The minimum Gasteiger partial charge on any atom is -0.455 e. The van der Waals surface area contributed by atoms with Crippen molar-refractivity contribution in [2.24, 2.45) is 11.8 Å². The Morgan fingerprint density at radius 2 is 1.95 bits per heavy atom. The van der Waals surface area contributed by atoms with Crippen LogP contribution in [0.3, 0.4) is 0 Å². The Kier molecular flexibility index (Phi) is 9.57. The Bertz CT molecular complexity index is 1200. The fourth-order valence-electron chi connectivity index (χ4n) is 6.66. The van der Waals surface area contributed by atoms with Crippen molar-refractivity contribution in [1.82, 2.24) is 15.1 Å². The van der Waals surface area contributed by atoms with Gasteiger partial charge in [-0.15, -0.1) is 13.2 Å². The molecule has 0 unspecified atom stereocenters. The molecule has 3 aliphatic heterocycles. The number of fused-ring (bicyclic) bond motifs is 1. The number of nitrogens with zero attached hydrogens (tertiary/aromatic N) is 2. The van der Waals surface area contributed by atoms with E-state index in [0.717, 1.165) is 0 Å². The van der Waals surface area contributed by atoms with Gasteiger partial charge >= 0.3 is 5.97 Å². The van der Waals surface area contributed by atoms with Crippen molar-refractivity contribution < 1.29 is 33.8 Å². The van der Waals surface area contributed by atoms with E-state index in [1.54, 1.807) is 17.1 Å². The Morgan fingerprint density at radius 3 is 2.57 bits per heavy atom. The number of aliphatic hydroxyl groups is 1. The Labute approximate surface area is 247 Å². The number of aliphatic hydroxyl groups excluding tert-OH is 1. The van der Waals surface area contributed by atoms with Gasteiger partial charge in [0, 0.05) is 25.0 Å². The summed E-state index contributed by atoms with van der Waals surface area (Å²) >= 11 is 0. The van der Waals surface area contributed by atoms with Gasteiger partial charge in [0.15, 0.2) is 0 Å². The maximum Gasteiger partial charge on any atom is 0.313 e. The summed E-state index contributed by atoms with van der Waals surface area (Å²) in [6.45, 7) is 13.1. The highest BCUT2D eigenvalue weighted by molar-refractivity contribution is 5.98. The molecule has 1 aromatic carbocycles. The Morgan fingerprint density at radius 1 is 1.24 bits per heavy atom. The van der Waals surface area contributed by atoms with Crippen LogP contribution in [-0.4, -0.2) is 88.1 Å². The van der Waals surface area contributed by atoms with Gasteiger partial charge in [-0.05, 0) is 45.6 Å². The third-order valence-corrected chi connectivity index (χ3v) is 8.52. The summed E-state index contributed by atoms with van der Waals surface area (Å²) in [5.74, 6) is -3.34. The molecule has 42 heavy (non-hydrogen) atoms. The fourth-order valence-corrected chi connectivity index (χ4v) is 6.66. The molecule has 3 saturated heterocycles. The predicted molar refractivity (Wildman–Crippen MR) is 156 cm³/mol. The molecule has 0 aromatic heterocycles. The molecular weight excluding hydrogens is 538 g/mol. The topological polar surface area (TPSA) is 125 Å². The van der Waals surface area contributed by atoms with Crippen LogP contribution in [0.1, 0.15) is 58.1 Å². The van der Waals surface area contributed by atoms with E-state index < -0.39 is 53.1 Å². The Balaban J connectivity index is 1.62. The summed E-state index contributed by atoms with van der Waals surface area (Å²) in [6.07, 6.45) is 3.65. The first-order chi connectivity index (χ1) is 20.0. The smallest absolute Gasteiger partial charge is 0.313 e. The molecule has 4 rings (SSSR count). The lowest BCUT2D eigenvalue weighted by molar-refractivity contribution is -0.160. The van der Waals surface area contributed by atoms with Crippen LogP contribution in [0.4, 0.5) is 0 Å². The van der Waals surface area contributed by atoms with E-state index in [1.807, 2.05) is 51.1 Å². The van der Waals surface area contributed by atoms with Gasteiger partial charge in [-0.3, -0.25) is 19.2 Å². The monoisotopic (exact) mass is 581 g/mol. The molecular formula is C32H43N3O7. The summed E-state index contributed by atoms with van der Waals surface area (Å²) in [7, 11) is 0. The molecule has 10 heteroatoms. The van der Waals surface area contributed by atoms with Crippen molar-refractivity contribution in [2.75, 3.05) is 26.2 Å². The number of hydrogen-bond acceptors (Lipinski definition) is 7. The van der Waals surface area contributed by atoms with Crippen LogP contribution in [0.5, 0.6) is 0 Å². The molecule has 3 fully saturated rings. The van der Waals surface area contributed by atoms with E-state index in [4.69, 9.17) is 9.47 Å². The van der Waals surface area contributed by atoms with Crippen molar-refractivity contribution in [2.45, 2.75) is 75.8 Å². The van der Waals surface area contributed by atoms with Gasteiger partial charge in [-0.2, -0.15) is 0 Å². The molecule has 3 heterocycles. The van der Waals surface area contributed by atoms with Crippen LogP contribution in [-0.2, 0) is 28.7 Å². The van der Waals surface area contributed by atoms with Crippen LogP contribution in [0.25, 0.3) is 0 Å². The number of β-amino-alcohol motifs (C(OH)–C–C–N with tert-alkyl or cyclic N) is 1. The van der Waals surface area contributed by atoms with E-state index in [2.05, 4.69) is 18.5 Å². The van der Waals surface area contributed by atoms with E-state index in [0.29, 0.717) is 24.8 Å². The molecule has 0 radical (unpaired) electrons. The number of ether oxygens (including phenoxy) is 2. The summed E-state index contributed by atoms with van der Waals surface area (Å²) in [4.78, 5) is 57.4. The van der Waals surface area contributed by atoms with E-state index in [-0.39, 0.29) is 44.5 Å². The molecule has 6 atom stereocenters. The van der Waals surface area contributed by atoms with Gasteiger partial charge in [-0.25, -0.2) is 0 Å². The standard InChI is InChI=1S/C32H43N3O7/c1-6-8-14-24(37)33-20-23(21-12-10-9-11-13-21)41-30(40)25-22-15-16-32(42-22)26(25)28(38)34(18-19-36)27(32)29(39)35(17-7-2)31(3,4)5/h6-7,9-13,22-23,25-27,36H,1-2,8,14-20H2,3-5H3,(H,33,37)/t22-,23+,25+,26+,27-,32+/m0/s1. The highest BCUT2D eigenvalue weighted by Crippen LogP contribution is 2.59. The molecule has 0 aliphatic carbocycles. The molecule has 3 aliphatic rings. The van der Waals surface area contributed by atoms with Crippen LogP contribution >= 0.6 is 0 Å². The molecule has 228 valence electrons. The zero-order valence-electron chi connectivity index (χ0n) is 24.8. The highest BCUT2D eigenvalue weighted by atomic mass is 16.6. The second-order valence-electron chi connectivity index (χ2n) is 12.2. The second-order valence-corrected chi connectivity index (χ2v) is 12.2. The number of rotatable bonds is 13. The number of hydrogen-bond donors (Lipinski definition) is 2. The average Bonchev–Trinajstić information content (AvgIpc) is 3.60. The number of nitrogens with one attached hydrogen (secondary N) is 1. The number of allylic oxidation sites excluding steroid dienone is 1. The maximum absolute atomic E-state index is 14.2. The average molecular weight is 582 g/mol. The van der Waals surface area contributed by atoms with Gasteiger partial charge in [0.05, 0.1) is 31.1 Å². The van der Waals surface area contributed by atoms with Crippen LogP contribution in [0.15, 0.2) is 55.6 Å². The summed E-state index contributed by atoms with van der Waals surface area (Å²) in [5, 5.41) is 12.7. The van der Waals surface area contributed by atoms with Crippen molar-refractivity contribution in [1.29, 1.82) is 0 Å². The summed E-state index contributed by atoms with van der Waals surface area (Å²) < 4.78 is 12.5.